The zero-order valence-corrected chi connectivity index (χ0v) is 36.3. The summed E-state index contributed by atoms with van der Waals surface area (Å²) in [5.41, 5.74) is 10.1. The molecular weight excluding hydrogens is 627 g/mol. The average Bonchev–Trinajstić information content (AvgIpc) is 3.09. The highest BCUT2D eigenvalue weighted by atomic mass is 15.1. The maximum atomic E-state index is 2.65. The van der Waals surface area contributed by atoms with Crippen molar-refractivity contribution in [2.45, 2.75) is 183 Å². The van der Waals surface area contributed by atoms with Crippen LogP contribution in [0.4, 0.5) is 0 Å². The van der Waals surface area contributed by atoms with Gasteiger partial charge in [-0.3, -0.25) is 4.90 Å². The smallest absolute Gasteiger partial charge is 0.0281 e. The highest BCUT2D eigenvalue weighted by Gasteiger charge is 2.23. The van der Waals surface area contributed by atoms with Crippen LogP contribution in [0.25, 0.3) is 33.9 Å². The molecule has 0 radical (unpaired) electrons. The molecule has 1 heteroatoms. The van der Waals surface area contributed by atoms with E-state index < -0.39 is 0 Å². The molecule has 0 N–H and O–H groups in total. The maximum Gasteiger partial charge on any atom is 0.0281 e. The van der Waals surface area contributed by atoms with Crippen molar-refractivity contribution in [3.8, 4) is 22.3 Å². The monoisotopic (exact) mass is 706 g/mol. The van der Waals surface area contributed by atoms with Crippen LogP contribution in [0.1, 0.15) is 178 Å². The minimum atomic E-state index is 0.130. The van der Waals surface area contributed by atoms with E-state index >= 15 is 0 Å². The second-order valence-electron chi connectivity index (χ2n) is 18.9. The molecule has 1 atom stereocenters. The minimum absolute atomic E-state index is 0.130. The predicted octanol–water partition coefficient (Wildman–Crippen LogP) is 14.0. The number of nitrogens with zero attached hydrogens (tertiary/aromatic N) is 1. The summed E-state index contributed by atoms with van der Waals surface area (Å²) in [6.07, 6.45) is 20.0. The van der Waals surface area contributed by atoms with Gasteiger partial charge in [0.1, 0.15) is 0 Å². The van der Waals surface area contributed by atoms with E-state index in [1.54, 1.807) is 0 Å². The fourth-order valence-electron chi connectivity index (χ4n) is 7.93. The number of benzene rings is 3. The van der Waals surface area contributed by atoms with Crippen LogP contribution in [-0.4, -0.2) is 24.5 Å². The number of hydrogen-bond acceptors (Lipinski definition) is 1. The standard InChI is InChI=1S/C51H79N/c1-14-17-18-19-20-21-22-23-24-25-36-51(11,12)38-52(13)44(16-3)37-47-45(40-26-30-42(31-27-40)49(5,6)7)34-35-46(48(47)39(4)15-2)41-28-32-43(33-29-41)50(8,9)10/h26-35,37,44H,14-25,36,38H2,1-13H3/b47-37-,48-39+. The van der Waals surface area contributed by atoms with E-state index in [0.29, 0.717) is 6.04 Å². The lowest BCUT2D eigenvalue weighted by Gasteiger charge is -2.34. The maximum absolute atomic E-state index is 2.65. The Morgan fingerprint density at radius 2 is 1.04 bits per heavy atom. The Kier molecular flexibility index (Phi) is 17.0. The second kappa shape index (κ2) is 20.2. The Bertz CT molecular complexity index is 1610. The van der Waals surface area contributed by atoms with Gasteiger partial charge in [-0.15, -0.1) is 0 Å². The number of rotatable bonds is 19. The van der Waals surface area contributed by atoms with Crippen molar-refractivity contribution in [3.63, 3.8) is 0 Å². The molecule has 0 aliphatic carbocycles. The molecule has 0 spiro atoms. The van der Waals surface area contributed by atoms with Crippen LogP contribution in [0.2, 0.25) is 0 Å². The van der Waals surface area contributed by atoms with E-state index in [0.717, 1.165) is 19.4 Å². The van der Waals surface area contributed by atoms with Crippen molar-refractivity contribution in [3.05, 3.63) is 82.2 Å². The van der Waals surface area contributed by atoms with Gasteiger partial charge in [0.2, 0.25) is 0 Å². The fourth-order valence-corrected chi connectivity index (χ4v) is 7.93. The third-order valence-corrected chi connectivity index (χ3v) is 11.6. The van der Waals surface area contributed by atoms with Crippen LogP contribution in [0, 0.1) is 5.41 Å². The van der Waals surface area contributed by atoms with E-state index in [1.807, 2.05) is 0 Å². The molecule has 3 aromatic carbocycles. The summed E-state index contributed by atoms with van der Waals surface area (Å²) in [6, 6.07) is 23.9. The molecule has 0 saturated heterocycles. The van der Waals surface area contributed by atoms with Crippen molar-refractivity contribution >= 4 is 11.6 Å². The molecule has 1 nitrogen and oxygen atoms in total. The molecule has 52 heavy (non-hydrogen) atoms. The third-order valence-electron chi connectivity index (χ3n) is 11.6. The first-order valence-electron chi connectivity index (χ1n) is 21.3. The van der Waals surface area contributed by atoms with Crippen LogP contribution < -0.4 is 10.4 Å². The molecule has 3 rings (SSSR count). The first kappa shape index (κ1) is 43.8. The van der Waals surface area contributed by atoms with Gasteiger partial charge in [-0.25, -0.2) is 0 Å². The summed E-state index contributed by atoms with van der Waals surface area (Å²) in [5, 5.41) is 2.81. The van der Waals surface area contributed by atoms with Crippen molar-refractivity contribution in [2.75, 3.05) is 13.6 Å². The molecule has 0 amide bonds. The van der Waals surface area contributed by atoms with Crippen molar-refractivity contribution in [1.82, 2.24) is 4.90 Å². The summed E-state index contributed by atoms with van der Waals surface area (Å²) in [7, 11) is 2.37. The quantitative estimate of drug-likeness (QED) is 0.112. The molecule has 0 aromatic heterocycles. The summed E-state index contributed by atoms with van der Waals surface area (Å²) >= 11 is 0. The van der Waals surface area contributed by atoms with Gasteiger partial charge in [-0.05, 0) is 93.3 Å². The Balaban J connectivity index is 2.00. The van der Waals surface area contributed by atoms with Crippen LogP contribution in [0.15, 0.2) is 60.7 Å². The van der Waals surface area contributed by atoms with Gasteiger partial charge >= 0.3 is 0 Å². The van der Waals surface area contributed by atoms with Gasteiger partial charge in [-0.2, -0.15) is 0 Å². The molecule has 3 aromatic rings. The van der Waals surface area contributed by atoms with Crippen molar-refractivity contribution < 1.29 is 0 Å². The first-order chi connectivity index (χ1) is 24.5. The largest absolute Gasteiger partial charge is 0.299 e. The van der Waals surface area contributed by atoms with Crippen LogP contribution >= 0.6 is 0 Å². The third kappa shape index (κ3) is 13.0. The zero-order chi connectivity index (χ0) is 38.5. The zero-order valence-electron chi connectivity index (χ0n) is 36.3. The molecule has 0 aliphatic heterocycles. The van der Waals surface area contributed by atoms with E-state index in [9.17, 15) is 0 Å². The van der Waals surface area contributed by atoms with Crippen LogP contribution in [-0.2, 0) is 10.8 Å². The van der Waals surface area contributed by atoms with E-state index in [2.05, 4.69) is 162 Å². The molecule has 1 unspecified atom stereocenters. The SMILES string of the molecule is CCCCCCCCCCCCC(C)(C)CN(C)C(/C=c1/c(-c2ccc(C(C)(C)C)cc2)ccc(-c2ccc(C(C)(C)C)cc2)/c1=C(/C)CC)CC. The summed E-state index contributed by atoms with van der Waals surface area (Å²) in [5.74, 6) is 0. The molecule has 0 bridgehead atoms. The topological polar surface area (TPSA) is 3.24 Å². The van der Waals surface area contributed by atoms with Crippen LogP contribution in [0.5, 0.6) is 0 Å². The van der Waals surface area contributed by atoms with Gasteiger partial charge in [0.15, 0.2) is 0 Å². The first-order valence-corrected chi connectivity index (χ1v) is 21.3. The van der Waals surface area contributed by atoms with Crippen molar-refractivity contribution in [2.24, 2.45) is 5.41 Å². The Morgan fingerprint density at radius 3 is 1.48 bits per heavy atom. The van der Waals surface area contributed by atoms with Gasteiger partial charge in [0.25, 0.3) is 0 Å². The highest BCUT2D eigenvalue weighted by Crippen LogP contribution is 2.29. The molecular formula is C51H79N. The summed E-state index contributed by atoms with van der Waals surface area (Å²) in [6.45, 7) is 29.3. The van der Waals surface area contributed by atoms with Crippen LogP contribution in [0.3, 0.4) is 0 Å². The Labute approximate surface area is 322 Å². The molecule has 0 fully saturated rings. The number of unbranched alkanes of at least 4 members (excludes halogenated alkanes) is 9. The van der Waals surface area contributed by atoms with Gasteiger partial charge in [-0.1, -0.05) is 213 Å². The van der Waals surface area contributed by atoms with Crippen molar-refractivity contribution in [1.29, 1.82) is 0 Å². The molecule has 0 saturated carbocycles. The fraction of sp³-hybridized carbons (Fsp3) is 0.608. The van der Waals surface area contributed by atoms with E-state index in [4.69, 9.17) is 0 Å². The highest BCUT2D eigenvalue weighted by molar-refractivity contribution is 5.75. The van der Waals surface area contributed by atoms with Gasteiger partial charge in [0.05, 0.1) is 0 Å². The lowest BCUT2D eigenvalue weighted by atomic mass is 9.84. The Hall–Kier alpha value is -2.64. The lowest BCUT2D eigenvalue weighted by Crippen LogP contribution is -2.40. The summed E-state index contributed by atoms with van der Waals surface area (Å²) < 4.78 is 0. The second-order valence-corrected chi connectivity index (χ2v) is 18.9. The molecule has 288 valence electrons. The lowest BCUT2D eigenvalue weighted by molar-refractivity contribution is 0.172. The minimum Gasteiger partial charge on any atom is -0.299 e. The van der Waals surface area contributed by atoms with Gasteiger partial charge < -0.3 is 0 Å². The number of hydrogen-bond donors (Lipinski definition) is 0. The predicted molar refractivity (Wildman–Crippen MR) is 235 cm³/mol. The Morgan fingerprint density at radius 1 is 0.596 bits per heavy atom. The van der Waals surface area contributed by atoms with E-state index in [-0.39, 0.29) is 16.2 Å². The van der Waals surface area contributed by atoms with E-state index in [1.165, 1.54) is 120 Å². The van der Waals surface area contributed by atoms with Gasteiger partial charge in [0, 0.05) is 12.6 Å². The normalized spacial score (nSPS) is 14.3. The summed E-state index contributed by atoms with van der Waals surface area (Å²) in [4.78, 5) is 2.65. The average molecular weight is 706 g/mol. The molecule has 0 heterocycles. The molecule has 0 aliphatic rings.